The van der Waals surface area contributed by atoms with Crippen molar-refractivity contribution in [2.24, 2.45) is 5.92 Å². The Hall–Kier alpha value is -1.35. The van der Waals surface area contributed by atoms with Crippen LogP contribution >= 0.6 is 0 Å². The Kier molecular flexibility index (Phi) is 5.60. The minimum atomic E-state index is 0.171. The summed E-state index contributed by atoms with van der Waals surface area (Å²) in [5, 5.41) is 8.84. The van der Waals surface area contributed by atoms with Gasteiger partial charge in [0.15, 0.2) is 0 Å². The molecule has 1 aliphatic carbocycles. The van der Waals surface area contributed by atoms with Gasteiger partial charge in [0.2, 0.25) is 5.91 Å². The molecule has 1 aromatic rings. The van der Waals surface area contributed by atoms with E-state index in [1.165, 1.54) is 18.4 Å². The van der Waals surface area contributed by atoms with Gasteiger partial charge in [0.25, 0.3) is 0 Å². The molecule has 1 amide bonds. The molecule has 0 heterocycles. The van der Waals surface area contributed by atoms with E-state index in [9.17, 15) is 4.79 Å². The average molecular weight is 275 g/mol. The van der Waals surface area contributed by atoms with Gasteiger partial charge in [-0.05, 0) is 44.1 Å². The maximum absolute atomic E-state index is 12.4. The summed E-state index contributed by atoms with van der Waals surface area (Å²) in [6.07, 6.45) is 4.53. The number of amides is 1. The molecule has 110 valence electrons. The summed E-state index contributed by atoms with van der Waals surface area (Å²) in [6, 6.07) is 10.5. The van der Waals surface area contributed by atoms with Crippen molar-refractivity contribution in [2.75, 3.05) is 6.61 Å². The Bertz CT molecular complexity index is 414. The summed E-state index contributed by atoms with van der Waals surface area (Å²) in [5.41, 5.74) is 1.19. The van der Waals surface area contributed by atoms with Crippen molar-refractivity contribution in [2.45, 2.75) is 51.6 Å². The number of nitrogens with zero attached hydrogens (tertiary/aromatic N) is 1. The van der Waals surface area contributed by atoms with E-state index in [4.69, 9.17) is 5.11 Å². The first-order chi connectivity index (χ1) is 9.72. The fourth-order valence-electron chi connectivity index (χ4n) is 2.60. The number of benzene rings is 1. The highest BCUT2D eigenvalue weighted by Gasteiger charge is 2.33. The van der Waals surface area contributed by atoms with E-state index in [2.05, 4.69) is 19.1 Å². The van der Waals surface area contributed by atoms with Crippen molar-refractivity contribution < 1.29 is 9.90 Å². The Morgan fingerprint density at radius 3 is 2.60 bits per heavy atom. The first-order valence-electron chi connectivity index (χ1n) is 7.66. The molecule has 3 heteroatoms. The summed E-state index contributed by atoms with van der Waals surface area (Å²) in [5.74, 6) is 0.905. The normalized spacial score (nSPS) is 15.9. The quantitative estimate of drug-likeness (QED) is 0.741. The van der Waals surface area contributed by atoms with Crippen LogP contribution in [0.15, 0.2) is 30.3 Å². The number of hydrogen-bond acceptors (Lipinski definition) is 2. The highest BCUT2D eigenvalue weighted by Crippen LogP contribution is 2.36. The summed E-state index contributed by atoms with van der Waals surface area (Å²) in [7, 11) is 0. The lowest BCUT2D eigenvalue weighted by Crippen LogP contribution is -2.39. The molecule has 3 nitrogen and oxygen atoms in total. The van der Waals surface area contributed by atoms with E-state index in [1.807, 2.05) is 23.1 Å². The standard InChI is InChI=1S/C17H25NO2/c1-14(16-10-11-16)18(17(20)9-5-6-12-19)13-15-7-3-2-4-8-15/h2-4,7-8,14,16,19H,5-6,9-13H2,1H3. The molecule has 0 radical (unpaired) electrons. The monoisotopic (exact) mass is 275 g/mol. The van der Waals surface area contributed by atoms with Gasteiger partial charge in [-0.15, -0.1) is 0 Å². The van der Waals surface area contributed by atoms with Gasteiger partial charge < -0.3 is 10.0 Å². The van der Waals surface area contributed by atoms with Crippen LogP contribution in [0.1, 0.15) is 44.6 Å². The second kappa shape index (κ2) is 7.44. The molecule has 0 aliphatic heterocycles. The zero-order valence-electron chi connectivity index (χ0n) is 12.3. The maximum atomic E-state index is 12.4. The van der Waals surface area contributed by atoms with Crippen LogP contribution in [0, 0.1) is 5.92 Å². The van der Waals surface area contributed by atoms with E-state index in [1.54, 1.807) is 0 Å². The number of rotatable bonds is 8. The lowest BCUT2D eigenvalue weighted by atomic mass is 10.1. The molecule has 0 bridgehead atoms. The number of aliphatic hydroxyl groups excluding tert-OH is 1. The minimum Gasteiger partial charge on any atom is -0.396 e. The Labute approximate surface area is 121 Å². The summed E-state index contributed by atoms with van der Waals surface area (Å²) in [6.45, 7) is 3.05. The first-order valence-corrected chi connectivity index (χ1v) is 7.66. The van der Waals surface area contributed by atoms with Crippen LogP contribution in [0.3, 0.4) is 0 Å². The van der Waals surface area contributed by atoms with E-state index in [-0.39, 0.29) is 12.5 Å². The molecule has 1 atom stereocenters. The van der Waals surface area contributed by atoms with Gasteiger partial charge in [-0.1, -0.05) is 30.3 Å². The predicted octanol–water partition coefficient (Wildman–Crippen LogP) is 2.98. The summed E-state index contributed by atoms with van der Waals surface area (Å²) < 4.78 is 0. The average Bonchev–Trinajstić information content (AvgIpc) is 3.30. The lowest BCUT2D eigenvalue weighted by molar-refractivity contribution is -0.134. The van der Waals surface area contributed by atoms with Crippen molar-refractivity contribution in [1.82, 2.24) is 4.90 Å². The van der Waals surface area contributed by atoms with Gasteiger partial charge in [0.05, 0.1) is 0 Å². The second-order valence-electron chi connectivity index (χ2n) is 5.77. The Balaban J connectivity index is 1.98. The molecule has 0 saturated heterocycles. The van der Waals surface area contributed by atoms with Crippen LogP contribution in [-0.2, 0) is 11.3 Å². The van der Waals surface area contributed by atoms with Gasteiger partial charge in [0, 0.05) is 25.6 Å². The van der Waals surface area contributed by atoms with Gasteiger partial charge >= 0.3 is 0 Å². The summed E-state index contributed by atoms with van der Waals surface area (Å²) in [4.78, 5) is 14.5. The van der Waals surface area contributed by atoms with Crippen molar-refractivity contribution in [3.05, 3.63) is 35.9 Å². The summed E-state index contributed by atoms with van der Waals surface area (Å²) >= 11 is 0. The largest absolute Gasteiger partial charge is 0.396 e. The maximum Gasteiger partial charge on any atom is 0.223 e. The zero-order valence-corrected chi connectivity index (χ0v) is 12.3. The second-order valence-corrected chi connectivity index (χ2v) is 5.77. The van der Waals surface area contributed by atoms with Crippen molar-refractivity contribution >= 4 is 5.91 Å². The van der Waals surface area contributed by atoms with E-state index >= 15 is 0 Å². The molecule has 0 aromatic heterocycles. The van der Waals surface area contributed by atoms with Crippen LogP contribution in [0.25, 0.3) is 0 Å². The molecule has 2 rings (SSSR count). The molecular formula is C17H25NO2. The number of aliphatic hydroxyl groups is 1. The van der Waals surface area contributed by atoms with Gasteiger partial charge in [-0.3, -0.25) is 4.79 Å². The predicted molar refractivity (Wildman–Crippen MR) is 80.1 cm³/mol. The molecule has 1 aromatic carbocycles. The van der Waals surface area contributed by atoms with Gasteiger partial charge in [0.1, 0.15) is 0 Å². The molecule has 1 saturated carbocycles. The van der Waals surface area contributed by atoms with Crippen LogP contribution in [-0.4, -0.2) is 28.6 Å². The van der Waals surface area contributed by atoms with Crippen LogP contribution in [0.5, 0.6) is 0 Å². The van der Waals surface area contributed by atoms with Gasteiger partial charge in [-0.2, -0.15) is 0 Å². The van der Waals surface area contributed by atoms with E-state index in [0.29, 0.717) is 31.3 Å². The number of unbranched alkanes of at least 4 members (excludes halogenated alkanes) is 1. The van der Waals surface area contributed by atoms with Crippen molar-refractivity contribution in [3.8, 4) is 0 Å². The molecule has 20 heavy (non-hydrogen) atoms. The third-order valence-corrected chi connectivity index (χ3v) is 4.11. The highest BCUT2D eigenvalue weighted by molar-refractivity contribution is 5.76. The van der Waals surface area contributed by atoms with Crippen LogP contribution in [0.4, 0.5) is 0 Å². The van der Waals surface area contributed by atoms with E-state index < -0.39 is 0 Å². The zero-order chi connectivity index (χ0) is 14.4. The fraction of sp³-hybridized carbons (Fsp3) is 0.588. The van der Waals surface area contributed by atoms with Crippen molar-refractivity contribution in [3.63, 3.8) is 0 Å². The van der Waals surface area contributed by atoms with Crippen LogP contribution < -0.4 is 0 Å². The lowest BCUT2D eigenvalue weighted by Gasteiger charge is -2.30. The number of carbonyl (C=O) groups is 1. The molecular weight excluding hydrogens is 250 g/mol. The smallest absolute Gasteiger partial charge is 0.223 e. The Morgan fingerprint density at radius 2 is 2.00 bits per heavy atom. The number of carbonyl (C=O) groups excluding carboxylic acids is 1. The molecule has 1 unspecified atom stereocenters. The minimum absolute atomic E-state index is 0.171. The van der Waals surface area contributed by atoms with Crippen molar-refractivity contribution in [1.29, 1.82) is 0 Å². The third kappa shape index (κ3) is 4.34. The van der Waals surface area contributed by atoms with E-state index in [0.717, 1.165) is 6.42 Å². The first kappa shape index (κ1) is 15.0. The molecule has 1 fully saturated rings. The SMILES string of the molecule is CC(C1CC1)N(Cc1ccccc1)C(=O)CCCCO. The Morgan fingerprint density at radius 1 is 1.30 bits per heavy atom. The molecule has 1 N–H and O–H groups in total. The molecule has 0 spiro atoms. The molecule has 1 aliphatic rings. The fourth-order valence-corrected chi connectivity index (χ4v) is 2.60. The topological polar surface area (TPSA) is 40.5 Å². The third-order valence-electron chi connectivity index (χ3n) is 4.11. The van der Waals surface area contributed by atoms with Gasteiger partial charge in [-0.25, -0.2) is 0 Å². The highest BCUT2D eigenvalue weighted by atomic mass is 16.3. The van der Waals surface area contributed by atoms with Crippen LogP contribution in [0.2, 0.25) is 0 Å². The number of hydrogen-bond donors (Lipinski definition) is 1.